The number of aryl methyl sites for hydroxylation is 1. The van der Waals surface area contributed by atoms with Crippen molar-refractivity contribution in [3.05, 3.63) is 100 Å². The van der Waals surface area contributed by atoms with E-state index in [9.17, 15) is 19.8 Å². The molecular weight excluding hydrogens is 402 g/mol. The number of aliphatic hydroxyl groups is 1. The van der Waals surface area contributed by atoms with Crippen LogP contribution in [0.5, 0.6) is 5.75 Å². The van der Waals surface area contributed by atoms with E-state index >= 15 is 0 Å². The van der Waals surface area contributed by atoms with Crippen LogP contribution in [0.4, 0.5) is 5.69 Å². The maximum absolute atomic E-state index is 13.0. The maximum Gasteiger partial charge on any atom is 0.300 e. The van der Waals surface area contributed by atoms with Crippen molar-refractivity contribution < 1.29 is 19.8 Å². The highest BCUT2D eigenvalue weighted by Crippen LogP contribution is 2.42. The van der Waals surface area contributed by atoms with E-state index < -0.39 is 17.7 Å². The Morgan fingerprint density at radius 3 is 2.27 bits per heavy atom. The normalized spacial score (nSPS) is 18.1. The molecule has 1 heterocycles. The first-order valence-corrected chi connectivity index (χ1v) is 9.67. The van der Waals surface area contributed by atoms with Crippen LogP contribution < -0.4 is 4.90 Å². The fraction of sp³-hybridized carbons (Fsp3) is 0.0833. The van der Waals surface area contributed by atoms with Gasteiger partial charge >= 0.3 is 0 Å². The van der Waals surface area contributed by atoms with Crippen LogP contribution in [0.1, 0.15) is 22.7 Å². The number of hydrogen-bond donors (Lipinski definition) is 2. The minimum Gasteiger partial charge on any atom is -0.508 e. The van der Waals surface area contributed by atoms with Gasteiger partial charge in [0.15, 0.2) is 0 Å². The van der Waals surface area contributed by atoms with Crippen LogP contribution in [0.15, 0.2) is 78.4 Å². The lowest BCUT2D eigenvalue weighted by Crippen LogP contribution is -2.29. The van der Waals surface area contributed by atoms with Crippen molar-refractivity contribution in [3.63, 3.8) is 0 Å². The molecule has 150 valence electrons. The summed E-state index contributed by atoms with van der Waals surface area (Å²) in [5.74, 6) is -1.83. The van der Waals surface area contributed by atoms with Crippen molar-refractivity contribution >= 4 is 34.7 Å². The molecule has 1 aliphatic rings. The van der Waals surface area contributed by atoms with Gasteiger partial charge in [-0.15, -0.1) is 0 Å². The van der Waals surface area contributed by atoms with Crippen molar-refractivity contribution in [2.75, 3.05) is 4.90 Å². The lowest BCUT2D eigenvalue weighted by molar-refractivity contribution is -0.132. The quantitative estimate of drug-likeness (QED) is 0.356. The summed E-state index contributed by atoms with van der Waals surface area (Å²) in [7, 11) is 0. The molecule has 0 saturated carbocycles. The molecule has 3 aromatic carbocycles. The van der Waals surface area contributed by atoms with E-state index in [0.717, 1.165) is 5.56 Å². The summed E-state index contributed by atoms with van der Waals surface area (Å²) < 4.78 is 0. The molecule has 3 aromatic rings. The molecule has 0 bridgehead atoms. The Balaban J connectivity index is 1.95. The minimum atomic E-state index is -0.903. The van der Waals surface area contributed by atoms with Crippen LogP contribution in [0.2, 0.25) is 5.02 Å². The molecule has 30 heavy (non-hydrogen) atoms. The number of phenols is 1. The average Bonchev–Trinajstić information content (AvgIpc) is 3.00. The highest BCUT2D eigenvalue weighted by atomic mass is 35.5. The average molecular weight is 420 g/mol. The topological polar surface area (TPSA) is 77.8 Å². The van der Waals surface area contributed by atoms with E-state index in [1.807, 2.05) is 19.1 Å². The van der Waals surface area contributed by atoms with Gasteiger partial charge in [-0.05, 0) is 48.9 Å². The second-order valence-corrected chi connectivity index (χ2v) is 7.54. The monoisotopic (exact) mass is 419 g/mol. The molecule has 1 aliphatic heterocycles. The molecule has 1 amide bonds. The van der Waals surface area contributed by atoms with Gasteiger partial charge in [-0.3, -0.25) is 14.5 Å². The number of rotatable bonds is 3. The van der Waals surface area contributed by atoms with Gasteiger partial charge < -0.3 is 10.2 Å². The SMILES string of the molecule is Cc1ccc(C(O)=C2C(=O)C(=O)N(c3ccc(Cl)cc3)[C@@H]2c2cccc(O)c2)cc1. The third kappa shape index (κ3) is 3.44. The molecule has 0 spiro atoms. The number of phenolic OH excluding ortho intramolecular Hbond substituents is 1. The zero-order valence-corrected chi connectivity index (χ0v) is 16.8. The van der Waals surface area contributed by atoms with Crippen LogP contribution in [-0.2, 0) is 9.59 Å². The number of benzene rings is 3. The summed E-state index contributed by atoms with van der Waals surface area (Å²) in [6.45, 7) is 1.91. The Labute approximate surface area is 178 Å². The molecule has 4 rings (SSSR count). The number of hydrogen-bond acceptors (Lipinski definition) is 4. The van der Waals surface area contributed by atoms with Gasteiger partial charge in [0.2, 0.25) is 0 Å². The van der Waals surface area contributed by atoms with Gasteiger partial charge in [-0.25, -0.2) is 0 Å². The number of ketones is 1. The Morgan fingerprint density at radius 2 is 1.63 bits per heavy atom. The van der Waals surface area contributed by atoms with Gasteiger partial charge in [-0.1, -0.05) is 53.6 Å². The fourth-order valence-corrected chi connectivity index (χ4v) is 3.70. The summed E-state index contributed by atoms with van der Waals surface area (Å²) in [4.78, 5) is 27.3. The van der Waals surface area contributed by atoms with Gasteiger partial charge in [0, 0.05) is 16.3 Å². The van der Waals surface area contributed by atoms with Crippen LogP contribution in [0.25, 0.3) is 5.76 Å². The number of carbonyl (C=O) groups excluding carboxylic acids is 2. The van der Waals surface area contributed by atoms with Crippen molar-refractivity contribution in [1.29, 1.82) is 0 Å². The zero-order valence-electron chi connectivity index (χ0n) is 16.0. The smallest absolute Gasteiger partial charge is 0.300 e. The summed E-state index contributed by atoms with van der Waals surface area (Å²) in [5, 5.41) is 21.5. The predicted octanol–water partition coefficient (Wildman–Crippen LogP) is 4.98. The van der Waals surface area contributed by atoms with Gasteiger partial charge in [0.05, 0.1) is 11.6 Å². The largest absolute Gasteiger partial charge is 0.508 e. The molecular formula is C24H18ClNO4. The number of anilines is 1. The van der Waals surface area contributed by atoms with E-state index in [-0.39, 0.29) is 17.1 Å². The number of aromatic hydroxyl groups is 1. The van der Waals surface area contributed by atoms with Gasteiger partial charge in [-0.2, -0.15) is 0 Å². The van der Waals surface area contributed by atoms with Crippen molar-refractivity contribution in [3.8, 4) is 5.75 Å². The number of aliphatic hydroxyl groups excluding tert-OH is 1. The standard InChI is InChI=1S/C24H18ClNO4/c1-14-5-7-15(8-6-14)22(28)20-21(16-3-2-4-19(27)13-16)26(24(30)23(20)29)18-11-9-17(25)10-12-18/h2-13,21,27-28H,1H3/t21-/m1/s1. The molecule has 1 saturated heterocycles. The zero-order chi connectivity index (χ0) is 21.4. The number of nitrogens with zero attached hydrogens (tertiary/aromatic N) is 1. The summed E-state index contributed by atoms with van der Waals surface area (Å²) >= 11 is 5.98. The van der Waals surface area contributed by atoms with Crippen LogP contribution in [0.3, 0.4) is 0 Å². The molecule has 1 fully saturated rings. The van der Waals surface area contributed by atoms with Crippen molar-refractivity contribution in [2.45, 2.75) is 13.0 Å². The summed E-state index contributed by atoms with van der Waals surface area (Å²) in [6.07, 6.45) is 0. The third-order valence-electron chi connectivity index (χ3n) is 5.06. The van der Waals surface area contributed by atoms with Crippen LogP contribution in [0, 0.1) is 6.92 Å². The van der Waals surface area contributed by atoms with E-state index in [1.165, 1.54) is 17.0 Å². The second kappa shape index (κ2) is 7.69. The predicted molar refractivity (Wildman–Crippen MR) is 116 cm³/mol. The molecule has 0 aromatic heterocycles. The Morgan fingerprint density at radius 1 is 0.967 bits per heavy atom. The molecule has 5 nitrogen and oxygen atoms in total. The Bertz CT molecular complexity index is 1170. The number of halogens is 1. The molecule has 0 radical (unpaired) electrons. The fourth-order valence-electron chi connectivity index (χ4n) is 3.58. The van der Waals surface area contributed by atoms with Gasteiger partial charge in [0.1, 0.15) is 11.5 Å². The first-order valence-electron chi connectivity index (χ1n) is 9.29. The lowest BCUT2D eigenvalue weighted by Gasteiger charge is -2.25. The first-order chi connectivity index (χ1) is 14.4. The molecule has 2 N–H and O–H groups in total. The maximum atomic E-state index is 13.0. The van der Waals surface area contributed by atoms with E-state index in [2.05, 4.69) is 0 Å². The molecule has 1 atom stereocenters. The summed E-state index contributed by atoms with van der Waals surface area (Å²) in [6, 6.07) is 18.9. The highest BCUT2D eigenvalue weighted by Gasteiger charge is 2.47. The lowest BCUT2D eigenvalue weighted by atomic mass is 9.94. The van der Waals surface area contributed by atoms with Crippen molar-refractivity contribution in [1.82, 2.24) is 0 Å². The number of Topliss-reactive ketones (excluding diaryl/α,β-unsaturated/α-hetero) is 1. The second-order valence-electron chi connectivity index (χ2n) is 7.11. The molecule has 0 aliphatic carbocycles. The van der Waals surface area contributed by atoms with E-state index in [1.54, 1.807) is 48.5 Å². The Kier molecular flexibility index (Phi) is 5.06. The van der Waals surface area contributed by atoms with Crippen molar-refractivity contribution in [2.24, 2.45) is 0 Å². The molecule has 0 unspecified atom stereocenters. The third-order valence-corrected chi connectivity index (χ3v) is 5.31. The summed E-state index contributed by atoms with van der Waals surface area (Å²) in [5.41, 5.74) is 2.34. The number of amides is 1. The van der Waals surface area contributed by atoms with E-state index in [0.29, 0.717) is 21.8 Å². The highest BCUT2D eigenvalue weighted by molar-refractivity contribution is 6.51. The van der Waals surface area contributed by atoms with Crippen LogP contribution >= 0.6 is 11.6 Å². The Hall–Kier alpha value is -3.57. The van der Waals surface area contributed by atoms with Gasteiger partial charge in [0.25, 0.3) is 11.7 Å². The first kappa shape index (κ1) is 19.7. The number of carbonyl (C=O) groups is 2. The molecule has 6 heteroatoms. The minimum absolute atomic E-state index is 0.00969. The van der Waals surface area contributed by atoms with Crippen LogP contribution in [-0.4, -0.2) is 21.9 Å². The van der Waals surface area contributed by atoms with E-state index in [4.69, 9.17) is 11.6 Å².